The van der Waals surface area contributed by atoms with E-state index in [1.807, 2.05) is 0 Å². The molecule has 1 rings (SSSR count). The summed E-state index contributed by atoms with van der Waals surface area (Å²) < 4.78 is 4.65. The number of nitro groups is 1. The molecule has 0 aliphatic heterocycles. The highest BCUT2D eigenvalue weighted by molar-refractivity contribution is 6.29. The van der Waals surface area contributed by atoms with Gasteiger partial charge in [-0.05, 0) is 6.07 Å². The van der Waals surface area contributed by atoms with Crippen molar-refractivity contribution in [2.45, 2.75) is 0 Å². The van der Waals surface area contributed by atoms with Crippen LogP contribution in [-0.4, -0.2) is 29.2 Å². The van der Waals surface area contributed by atoms with Gasteiger partial charge in [-0.25, -0.2) is 0 Å². The van der Waals surface area contributed by atoms with Crippen molar-refractivity contribution in [2.75, 3.05) is 14.2 Å². The van der Waals surface area contributed by atoms with E-state index >= 15 is 0 Å². The van der Waals surface area contributed by atoms with Gasteiger partial charge in [-0.3, -0.25) is 10.1 Å². The molecule has 78 valence electrons. The average molecular weight is 221 g/mol. The van der Waals surface area contributed by atoms with Gasteiger partial charge >= 0.3 is 5.69 Å². The van der Waals surface area contributed by atoms with E-state index in [0.29, 0.717) is 0 Å². The van der Waals surface area contributed by atoms with Gasteiger partial charge in [-0.2, -0.15) is 4.98 Å². The second-order valence-corrected chi connectivity index (χ2v) is 2.31. The summed E-state index contributed by atoms with van der Waals surface area (Å²) in [6.07, 6.45) is 0. The van der Waals surface area contributed by atoms with Crippen LogP contribution in [0.4, 0.5) is 5.69 Å². The van der Waals surface area contributed by atoms with Crippen LogP contribution in [0.2, 0.25) is 5.15 Å². The lowest BCUT2D eigenvalue weighted by Gasteiger charge is -1.98. The van der Waals surface area contributed by atoms with E-state index in [-0.39, 0.29) is 16.7 Å². The fourth-order valence-electron chi connectivity index (χ4n) is 0.700. The molecule has 0 saturated carbocycles. The van der Waals surface area contributed by atoms with E-state index in [1.54, 1.807) is 0 Å². The quantitative estimate of drug-likeness (QED) is 0.461. The molecular formula is C7H9ClN2O4. The monoisotopic (exact) mass is 220 g/mol. The first-order chi connectivity index (χ1) is 6.65. The molecule has 0 aliphatic carbocycles. The molecule has 0 aromatic carbocycles. The zero-order valence-electron chi connectivity index (χ0n) is 7.60. The topological polar surface area (TPSA) is 85.5 Å². The Morgan fingerprint density at radius 3 is 2.57 bits per heavy atom. The summed E-state index contributed by atoms with van der Waals surface area (Å²) in [6, 6.07) is 2.58. The second kappa shape index (κ2) is 6.11. The van der Waals surface area contributed by atoms with E-state index < -0.39 is 4.92 Å². The van der Waals surface area contributed by atoms with Gasteiger partial charge in [0.15, 0.2) is 0 Å². The molecule has 0 spiro atoms. The Bertz CT molecular complexity index is 319. The Balaban J connectivity index is 0.000000791. The first-order valence-corrected chi connectivity index (χ1v) is 3.82. The van der Waals surface area contributed by atoms with Gasteiger partial charge in [0.05, 0.1) is 12.0 Å². The van der Waals surface area contributed by atoms with Crippen LogP contribution < -0.4 is 4.74 Å². The van der Waals surface area contributed by atoms with E-state index in [9.17, 15) is 10.1 Å². The van der Waals surface area contributed by atoms with E-state index in [0.717, 1.165) is 7.11 Å². The van der Waals surface area contributed by atoms with Crippen LogP contribution in [0.25, 0.3) is 0 Å². The smallest absolute Gasteiger partial charge is 0.331 e. The van der Waals surface area contributed by atoms with Crippen LogP contribution in [0, 0.1) is 10.1 Å². The second-order valence-electron chi connectivity index (χ2n) is 1.92. The highest BCUT2D eigenvalue weighted by Gasteiger charge is 2.15. The van der Waals surface area contributed by atoms with E-state index in [2.05, 4.69) is 9.72 Å². The minimum atomic E-state index is -0.581. The maximum Gasteiger partial charge on any atom is 0.331 e. The minimum absolute atomic E-state index is 0.0764. The summed E-state index contributed by atoms with van der Waals surface area (Å²) in [7, 11) is 2.30. The third-order valence-electron chi connectivity index (χ3n) is 1.20. The Morgan fingerprint density at radius 1 is 1.57 bits per heavy atom. The van der Waals surface area contributed by atoms with Gasteiger partial charge in [0.2, 0.25) is 0 Å². The molecule has 0 atom stereocenters. The van der Waals surface area contributed by atoms with Crippen molar-refractivity contribution in [3.8, 4) is 5.88 Å². The van der Waals surface area contributed by atoms with Gasteiger partial charge in [0.1, 0.15) is 5.15 Å². The highest BCUT2D eigenvalue weighted by Crippen LogP contribution is 2.25. The van der Waals surface area contributed by atoms with Crippen LogP contribution in [0.5, 0.6) is 5.88 Å². The van der Waals surface area contributed by atoms with Crippen LogP contribution in [0.1, 0.15) is 0 Å². The molecule has 14 heavy (non-hydrogen) atoms. The molecule has 1 aromatic heterocycles. The Labute approximate surface area is 85.3 Å². The predicted octanol–water partition coefficient (Wildman–Crippen LogP) is 1.26. The third kappa shape index (κ3) is 3.15. The number of aliphatic hydroxyl groups is 1. The van der Waals surface area contributed by atoms with Crippen LogP contribution >= 0.6 is 11.6 Å². The van der Waals surface area contributed by atoms with Gasteiger partial charge in [-0.1, -0.05) is 11.6 Å². The van der Waals surface area contributed by atoms with Crippen molar-refractivity contribution in [3.63, 3.8) is 0 Å². The van der Waals surface area contributed by atoms with Crippen LogP contribution in [0.15, 0.2) is 12.1 Å². The Hall–Kier alpha value is -1.40. The number of aliphatic hydroxyl groups excluding tert-OH is 1. The molecule has 0 unspecified atom stereocenters. The summed E-state index contributed by atoms with van der Waals surface area (Å²) in [5.74, 6) is -0.0764. The summed E-state index contributed by atoms with van der Waals surface area (Å²) in [5, 5.41) is 17.5. The summed E-state index contributed by atoms with van der Waals surface area (Å²) in [4.78, 5) is 13.4. The SMILES string of the molecule is CO.COc1nc(Cl)ccc1[N+](=O)[O-]. The largest absolute Gasteiger partial charge is 0.476 e. The number of nitrogens with zero attached hydrogens (tertiary/aromatic N) is 2. The number of ether oxygens (including phenoxy) is 1. The molecule has 0 saturated heterocycles. The summed E-state index contributed by atoms with van der Waals surface area (Å²) >= 11 is 5.49. The number of rotatable bonds is 2. The molecular weight excluding hydrogens is 212 g/mol. The van der Waals surface area contributed by atoms with Crippen LogP contribution in [0.3, 0.4) is 0 Å². The molecule has 0 amide bonds. The third-order valence-corrected chi connectivity index (χ3v) is 1.41. The zero-order valence-corrected chi connectivity index (χ0v) is 8.35. The highest BCUT2D eigenvalue weighted by atomic mass is 35.5. The zero-order chi connectivity index (χ0) is 11.1. The van der Waals surface area contributed by atoms with Crippen molar-refractivity contribution < 1.29 is 14.8 Å². The van der Waals surface area contributed by atoms with Crippen molar-refractivity contribution in [1.29, 1.82) is 0 Å². The molecule has 1 aromatic rings. The summed E-state index contributed by atoms with van der Waals surface area (Å²) in [5.41, 5.74) is -0.193. The normalized spacial score (nSPS) is 8.57. The molecule has 7 heteroatoms. The number of halogens is 1. The lowest BCUT2D eigenvalue weighted by atomic mass is 10.4. The number of hydrogen-bond acceptors (Lipinski definition) is 5. The lowest BCUT2D eigenvalue weighted by Crippen LogP contribution is -1.95. The maximum atomic E-state index is 10.3. The molecule has 0 radical (unpaired) electrons. The molecule has 0 fully saturated rings. The maximum absolute atomic E-state index is 10.3. The fourth-order valence-corrected chi connectivity index (χ4v) is 0.839. The number of hydrogen-bond donors (Lipinski definition) is 1. The first-order valence-electron chi connectivity index (χ1n) is 3.45. The lowest BCUT2D eigenvalue weighted by molar-refractivity contribution is -0.386. The van der Waals surface area contributed by atoms with E-state index in [4.69, 9.17) is 16.7 Å². The van der Waals surface area contributed by atoms with Crippen LogP contribution in [-0.2, 0) is 0 Å². The number of pyridine rings is 1. The Kier molecular flexibility index (Phi) is 5.50. The van der Waals surface area contributed by atoms with Crippen molar-refractivity contribution in [2.24, 2.45) is 0 Å². The van der Waals surface area contributed by atoms with Crippen molar-refractivity contribution >= 4 is 17.3 Å². The van der Waals surface area contributed by atoms with Gasteiger partial charge in [0, 0.05) is 13.2 Å². The van der Waals surface area contributed by atoms with Crippen molar-refractivity contribution in [3.05, 3.63) is 27.4 Å². The minimum Gasteiger partial charge on any atom is -0.476 e. The van der Waals surface area contributed by atoms with Gasteiger partial charge in [-0.15, -0.1) is 0 Å². The molecule has 0 bridgehead atoms. The molecule has 1 heterocycles. The molecule has 1 N–H and O–H groups in total. The number of aromatic nitrogens is 1. The fraction of sp³-hybridized carbons (Fsp3) is 0.286. The molecule has 6 nitrogen and oxygen atoms in total. The van der Waals surface area contributed by atoms with Gasteiger partial charge < -0.3 is 9.84 Å². The summed E-state index contributed by atoms with van der Waals surface area (Å²) in [6.45, 7) is 0. The molecule has 0 aliphatic rings. The van der Waals surface area contributed by atoms with Gasteiger partial charge in [0.25, 0.3) is 5.88 Å². The average Bonchev–Trinajstić information content (AvgIpc) is 2.20. The standard InChI is InChI=1S/C6H5ClN2O3.CH4O/c1-12-6-4(9(10)11)2-3-5(7)8-6;1-2/h2-3H,1H3;2H,1H3. The van der Waals surface area contributed by atoms with Crippen molar-refractivity contribution in [1.82, 2.24) is 4.98 Å². The first kappa shape index (κ1) is 12.6. The predicted molar refractivity (Wildman–Crippen MR) is 50.6 cm³/mol. The number of methoxy groups -OCH3 is 1. The van der Waals surface area contributed by atoms with E-state index in [1.165, 1.54) is 19.2 Å². The Morgan fingerprint density at radius 2 is 2.14 bits per heavy atom.